The molecule has 2 heterocycles. The van der Waals surface area contributed by atoms with Crippen molar-refractivity contribution in [3.63, 3.8) is 0 Å². The molecule has 6 nitrogen and oxygen atoms in total. The first-order chi connectivity index (χ1) is 12.7. The van der Waals surface area contributed by atoms with E-state index < -0.39 is 5.91 Å². The highest BCUT2D eigenvalue weighted by molar-refractivity contribution is 8.00. The van der Waals surface area contributed by atoms with E-state index in [4.69, 9.17) is 5.73 Å². The Balaban J connectivity index is 2.26. The van der Waals surface area contributed by atoms with Gasteiger partial charge in [0.15, 0.2) is 0 Å². The molecule has 2 N–H and O–H groups in total. The van der Waals surface area contributed by atoms with Gasteiger partial charge in [-0.05, 0) is 18.4 Å². The first-order valence-electron chi connectivity index (χ1n) is 8.25. The predicted molar refractivity (Wildman–Crippen MR) is 100 cm³/mol. The van der Waals surface area contributed by atoms with Gasteiger partial charge in [-0.1, -0.05) is 42.1 Å². The summed E-state index contributed by atoms with van der Waals surface area (Å²) in [6.07, 6.45) is 2.08. The number of aromatic nitrogens is 1. The van der Waals surface area contributed by atoms with Crippen LogP contribution in [0.3, 0.4) is 0 Å². The minimum Gasteiger partial charge on any atom is -0.369 e. The number of amides is 1. The number of pyridine rings is 1. The van der Waals surface area contributed by atoms with Gasteiger partial charge >= 0.3 is 0 Å². The molecule has 1 saturated heterocycles. The van der Waals surface area contributed by atoms with Crippen molar-refractivity contribution in [2.24, 2.45) is 5.73 Å². The molecule has 0 bridgehead atoms. The zero-order chi connectivity index (χ0) is 18.5. The van der Waals surface area contributed by atoms with Crippen molar-refractivity contribution >= 4 is 23.5 Å². The van der Waals surface area contributed by atoms with Gasteiger partial charge in [-0.15, -0.1) is 0 Å². The number of rotatable bonds is 5. The number of carbonyl (C=O) groups is 1. The Morgan fingerprint density at radius 2 is 1.81 bits per heavy atom. The van der Waals surface area contributed by atoms with E-state index in [-0.39, 0.29) is 5.75 Å². The molecule has 1 aliphatic rings. The van der Waals surface area contributed by atoms with Gasteiger partial charge in [-0.3, -0.25) is 4.79 Å². The third-order valence-electron chi connectivity index (χ3n) is 4.19. The van der Waals surface area contributed by atoms with Crippen LogP contribution in [-0.4, -0.2) is 29.7 Å². The highest BCUT2D eigenvalue weighted by atomic mass is 32.2. The number of hydrogen-bond donors (Lipinski definition) is 1. The second-order valence-corrected chi connectivity index (χ2v) is 6.87. The van der Waals surface area contributed by atoms with Crippen LogP contribution in [0.2, 0.25) is 0 Å². The largest absolute Gasteiger partial charge is 0.369 e. The summed E-state index contributed by atoms with van der Waals surface area (Å²) in [4.78, 5) is 17.9. The average Bonchev–Trinajstić information content (AvgIpc) is 3.20. The van der Waals surface area contributed by atoms with E-state index in [2.05, 4.69) is 22.0 Å². The van der Waals surface area contributed by atoms with E-state index in [1.807, 2.05) is 30.3 Å². The summed E-state index contributed by atoms with van der Waals surface area (Å²) in [5, 5.41) is 20.0. The maximum absolute atomic E-state index is 11.2. The lowest BCUT2D eigenvalue weighted by atomic mass is 9.96. The van der Waals surface area contributed by atoms with Crippen molar-refractivity contribution in [1.82, 2.24) is 4.98 Å². The van der Waals surface area contributed by atoms with Gasteiger partial charge in [0.2, 0.25) is 5.91 Å². The summed E-state index contributed by atoms with van der Waals surface area (Å²) in [6, 6.07) is 13.8. The second kappa shape index (κ2) is 7.90. The molecule has 0 unspecified atom stereocenters. The van der Waals surface area contributed by atoms with Crippen molar-refractivity contribution in [2.75, 3.05) is 23.7 Å². The zero-order valence-electron chi connectivity index (χ0n) is 14.1. The standard InChI is InChI=1S/C19H17N5OS/c20-10-14-17(13-6-2-1-3-7-13)15(11-21)19(26-12-16(22)25)23-18(14)24-8-4-5-9-24/h1-3,6-7H,4-5,8-9,12H2,(H2,22,25). The van der Waals surface area contributed by atoms with Crippen LogP contribution in [-0.2, 0) is 4.79 Å². The molecule has 3 rings (SSSR count). The van der Waals surface area contributed by atoms with Crippen LogP contribution >= 0.6 is 11.8 Å². The fourth-order valence-electron chi connectivity index (χ4n) is 3.06. The van der Waals surface area contributed by atoms with Gasteiger partial charge in [-0.2, -0.15) is 10.5 Å². The quantitative estimate of drug-likeness (QED) is 0.819. The molecular weight excluding hydrogens is 346 g/mol. The Kier molecular flexibility index (Phi) is 5.40. The Hall–Kier alpha value is -3.03. The number of carbonyl (C=O) groups excluding carboxylic acids is 1. The Bertz CT molecular complexity index is 908. The maximum atomic E-state index is 11.2. The summed E-state index contributed by atoms with van der Waals surface area (Å²) < 4.78 is 0. The number of hydrogen-bond acceptors (Lipinski definition) is 6. The van der Waals surface area contributed by atoms with E-state index >= 15 is 0 Å². The minimum atomic E-state index is -0.478. The van der Waals surface area contributed by atoms with Gasteiger partial charge in [0.05, 0.1) is 11.3 Å². The Labute approximate surface area is 156 Å². The van der Waals surface area contributed by atoms with Gasteiger partial charge in [-0.25, -0.2) is 4.98 Å². The lowest BCUT2D eigenvalue weighted by Gasteiger charge is -2.21. The van der Waals surface area contributed by atoms with E-state index in [9.17, 15) is 15.3 Å². The number of thioether (sulfide) groups is 1. The van der Waals surface area contributed by atoms with Gasteiger partial charge < -0.3 is 10.6 Å². The van der Waals surface area contributed by atoms with Crippen LogP contribution in [0.15, 0.2) is 35.4 Å². The van der Waals surface area contributed by atoms with Crippen LogP contribution < -0.4 is 10.6 Å². The molecule has 1 aromatic carbocycles. The number of nitriles is 2. The molecule has 0 radical (unpaired) electrons. The molecule has 0 atom stereocenters. The topological polar surface area (TPSA) is 107 Å². The van der Waals surface area contributed by atoms with Crippen LogP contribution in [0, 0.1) is 22.7 Å². The van der Waals surface area contributed by atoms with Crippen molar-refractivity contribution in [3.8, 4) is 23.3 Å². The normalized spacial score (nSPS) is 13.2. The van der Waals surface area contributed by atoms with Crippen LogP contribution in [0.25, 0.3) is 11.1 Å². The average molecular weight is 363 g/mol. The lowest BCUT2D eigenvalue weighted by Crippen LogP contribution is -2.21. The molecule has 0 aliphatic carbocycles. The van der Waals surface area contributed by atoms with Crippen LogP contribution in [0.1, 0.15) is 24.0 Å². The van der Waals surface area contributed by atoms with Crippen LogP contribution in [0.4, 0.5) is 5.82 Å². The third-order valence-corrected chi connectivity index (χ3v) is 5.19. The summed E-state index contributed by atoms with van der Waals surface area (Å²) in [5.74, 6) is 0.130. The van der Waals surface area contributed by atoms with Crippen LogP contribution in [0.5, 0.6) is 0 Å². The summed E-state index contributed by atoms with van der Waals surface area (Å²) in [6.45, 7) is 1.64. The van der Waals surface area contributed by atoms with Crippen molar-refractivity contribution in [3.05, 3.63) is 41.5 Å². The summed E-state index contributed by atoms with van der Waals surface area (Å²) in [5.41, 5.74) is 7.32. The van der Waals surface area contributed by atoms with Gasteiger partial charge in [0, 0.05) is 18.7 Å². The number of benzene rings is 1. The van der Waals surface area contributed by atoms with Gasteiger partial charge in [0.25, 0.3) is 0 Å². The van der Waals surface area contributed by atoms with E-state index in [1.54, 1.807) is 0 Å². The number of nitrogens with zero attached hydrogens (tertiary/aromatic N) is 4. The predicted octanol–water partition coefficient (Wildman–Crippen LogP) is 2.67. The number of primary amides is 1. The fraction of sp³-hybridized carbons (Fsp3) is 0.263. The third kappa shape index (κ3) is 3.49. The minimum absolute atomic E-state index is 0.0290. The molecule has 26 heavy (non-hydrogen) atoms. The number of nitrogens with two attached hydrogens (primary N) is 1. The summed E-state index contributed by atoms with van der Waals surface area (Å²) >= 11 is 1.14. The van der Waals surface area contributed by atoms with Crippen molar-refractivity contribution in [1.29, 1.82) is 10.5 Å². The zero-order valence-corrected chi connectivity index (χ0v) is 14.9. The first kappa shape index (κ1) is 17.8. The SMILES string of the molecule is N#Cc1c(SCC(N)=O)nc(N2CCCC2)c(C#N)c1-c1ccccc1. The smallest absolute Gasteiger partial charge is 0.227 e. The fourth-order valence-corrected chi connectivity index (χ4v) is 3.78. The maximum Gasteiger partial charge on any atom is 0.227 e. The second-order valence-electron chi connectivity index (χ2n) is 5.90. The first-order valence-corrected chi connectivity index (χ1v) is 9.24. The van der Waals surface area contributed by atoms with Gasteiger partial charge in [0.1, 0.15) is 28.5 Å². The molecule has 0 saturated carbocycles. The molecule has 1 fully saturated rings. The monoisotopic (exact) mass is 363 g/mol. The Morgan fingerprint density at radius 3 is 2.38 bits per heavy atom. The highest BCUT2D eigenvalue weighted by Gasteiger charge is 2.26. The molecule has 2 aromatic rings. The lowest BCUT2D eigenvalue weighted by molar-refractivity contribution is -0.115. The molecule has 0 spiro atoms. The molecular formula is C19H17N5OS. The summed E-state index contributed by atoms with van der Waals surface area (Å²) in [7, 11) is 0. The highest BCUT2D eigenvalue weighted by Crippen LogP contribution is 2.38. The van der Waals surface area contributed by atoms with E-state index in [0.717, 1.165) is 43.3 Å². The molecule has 1 aromatic heterocycles. The van der Waals surface area contributed by atoms with Crippen molar-refractivity contribution < 1.29 is 4.79 Å². The van der Waals surface area contributed by atoms with E-state index in [0.29, 0.717) is 27.5 Å². The molecule has 130 valence electrons. The molecule has 1 aliphatic heterocycles. The van der Waals surface area contributed by atoms with E-state index in [1.165, 1.54) is 0 Å². The molecule has 7 heteroatoms. The Morgan fingerprint density at radius 1 is 1.15 bits per heavy atom. The number of anilines is 1. The van der Waals surface area contributed by atoms with Crippen molar-refractivity contribution in [2.45, 2.75) is 17.9 Å². The molecule has 1 amide bonds.